The predicted molar refractivity (Wildman–Crippen MR) is 117 cm³/mol. The van der Waals surface area contributed by atoms with Crippen molar-refractivity contribution in [3.63, 3.8) is 0 Å². The summed E-state index contributed by atoms with van der Waals surface area (Å²) in [4.78, 5) is 12.5. The minimum Gasteiger partial charge on any atom is -0.426 e. The van der Waals surface area contributed by atoms with Crippen LogP contribution >= 0.6 is 0 Å². The molecule has 3 rings (SSSR count). The molecule has 6 heteroatoms. The number of rotatable bonds is 8. The molecule has 5 nitrogen and oxygen atoms in total. The fourth-order valence-electron chi connectivity index (χ4n) is 3.05. The van der Waals surface area contributed by atoms with Crippen LogP contribution in [0.4, 0.5) is 0 Å². The highest BCUT2D eigenvalue weighted by atomic mass is 32.2. The summed E-state index contributed by atoms with van der Waals surface area (Å²) in [5, 5.41) is 0. The molecule has 0 heterocycles. The van der Waals surface area contributed by atoms with Gasteiger partial charge in [-0.05, 0) is 43.2 Å². The Kier molecular flexibility index (Phi) is 7.03. The van der Waals surface area contributed by atoms with Crippen molar-refractivity contribution >= 4 is 16.0 Å². The molecule has 0 radical (unpaired) electrons. The Bertz CT molecular complexity index is 1120. The van der Waals surface area contributed by atoms with Crippen LogP contribution in [0.5, 0.6) is 5.75 Å². The van der Waals surface area contributed by atoms with E-state index < -0.39 is 16.0 Å². The average molecular weight is 424 g/mol. The van der Waals surface area contributed by atoms with Crippen molar-refractivity contribution < 1.29 is 17.9 Å². The zero-order valence-electron chi connectivity index (χ0n) is 17.1. The van der Waals surface area contributed by atoms with E-state index in [1.807, 2.05) is 50.2 Å². The molecule has 0 unspecified atom stereocenters. The first-order chi connectivity index (χ1) is 14.3. The van der Waals surface area contributed by atoms with Crippen LogP contribution in [0.25, 0.3) is 0 Å². The Hall–Kier alpha value is -2.96. The molecule has 0 spiro atoms. The van der Waals surface area contributed by atoms with Gasteiger partial charge in [-0.15, -0.1) is 0 Å². The topological polar surface area (TPSA) is 72.5 Å². The van der Waals surface area contributed by atoms with E-state index in [1.54, 1.807) is 18.2 Å². The van der Waals surface area contributed by atoms with Crippen LogP contribution in [-0.2, 0) is 21.2 Å². The predicted octanol–water partition coefficient (Wildman–Crippen LogP) is 4.17. The summed E-state index contributed by atoms with van der Waals surface area (Å²) in [5.41, 5.74) is 4.17. The van der Waals surface area contributed by atoms with Crippen molar-refractivity contribution in [1.29, 1.82) is 0 Å². The SMILES string of the molecule is Cc1ccc(S(=O)(=O)NCCC(=O)Oc2ccccc2Cc2cccc(C)c2)cc1. The van der Waals surface area contributed by atoms with Gasteiger partial charge in [0.15, 0.2) is 0 Å². The van der Waals surface area contributed by atoms with Crippen LogP contribution in [-0.4, -0.2) is 20.9 Å². The van der Waals surface area contributed by atoms with Crippen molar-refractivity contribution in [3.05, 3.63) is 95.1 Å². The normalized spacial score (nSPS) is 11.3. The second-order valence-corrected chi connectivity index (χ2v) is 8.98. The number of carbonyl (C=O) groups is 1. The summed E-state index contributed by atoms with van der Waals surface area (Å²) >= 11 is 0. The van der Waals surface area contributed by atoms with E-state index in [0.29, 0.717) is 12.2 Å². The molecule has 3 aromatic carbocycles. The number of sulfonamides is 1. The number of benzene rings is 3. The third kappa shape index (κ3) is 6.02. The van der Waals surface area contributed by atoms with E-state index in [4.69, 9.17) is 4.74 Å². The highest BCUT2D eigenvalue weighted by Crippen LogP contribution is 2.22. The first kappa shape index (κ1) is 21.7. The quantitative estimate of drug-likeness (QED) is 0.436. The summed E-state index contributed by atoms with van der Waals surface area (Å²) in [6.45, 7) is 3.89. The van der Waals surface area contributed by atoms with Gasteiger partial charge in [-0.3, -0.25) is 4.79 Å². The Balaban J connectivity index is 1.58. The molecule has 0 aliphatic heterocycles. The van der Waals surface area contributed by atoms with Crippen LogP contribution in [0.3, 0.4) is 0 Å². The third-order valence-electron chi connectivity index (χ3n) is 4.63. The summed E-state index contributed by atoms with van der Waals surface area (Å²) in [5.74, 6) is 0.00342. The standard InChI is InChI=1S/C24H25NO4S/c1-18-10-12-22(13-11-18)30(27,28)25-15-14-24(26)29-23-9-4-3-8-21(23)17-20-7-5-6-19(2)16-20/h3-13,16,25H,14-15,17H2,1-2H3. The van der Waals surface area contributed by atoms with Gasteiger partial charge < -0.3 is 4.74 Å². The van der Waals surface area contributed by atoms with Gasteiger partial charge in [-0.2, -0.15) is 0 Å². The van der Waals surface area contributed by atoms with Crippen LogP contribution in [0.2, 0.25) is 0 Å². The lowest BCUT2D eigenvalue weighted by molar-refractivity contribution is -0.134. The maximum absolute atomic E-state index is 12.3. The molecule has 0 aliphatic rings. The van der Waals surface area contributed by atoms with E-state index in [2.05, 4.69) is 10.8 Å². The van der Waals surface area contributed by atoms with Crippen LogP contribution in [0.15, 0.2) is 77.7 Å². The first-order valence-electron chi connectivity index (χ1n) is 9.74. The highest BCUT2D eigenvalue weighted by molar-refractivity contribution is 7.89. The van der Waals surface area contributed by atoms with Crippen molar-refractivity contribution in [2.24, 2.45) is 0 Å². The number of aryl methyl sites for hydroxylation is 2. The van der Waals surface area contributed by atoms with Gasteiger partial charge in [-0.25, -0.2) is 13.1 Å². The number of ether oxygens (including phenoxy) is 1. The molecule has 0 saturated heterocycles. The van der Waals surface area contributed by atoms with Gasteiger partial charge in [0.25, 0.3) is 0 Å². The second kappa shape index (κ2) is 9.69. The number of para-hydroxylation sites is 1. The highest BCUT2D eigenvalue weighted by Gasteiger charge is 2.15. The van der Waals surface area contributed by atoms with E-state index in [9.17, 15) is 13.2 Å². The lowest BCUT2D eigenvalue weighted by Gasteiger charge is -2.11. The lowest BCUT2D eigenvalue weighted by atomic mass is 10.0. The molecule has 0 bridgehead atoms. The zero-order valence-corrected chi connectivity index (χ0v) is 17.9. The average Bonchev–Trinajstić information content (AvgIpc) is 2.70. The van der Waals surface area contributed by atoms with E-state index >= 15 is 0 Å². The number of carbonyl (C=O) groups excluding carboxylic acids is 1. The monoisotopic (exact) mass is 423 g/mol. The van der Waals surface area contributed by atoms with Crippen LogP contribution < -0.4 is 9.46 Å². The van der Waals surface area contributed by atoms with Crippen molar-refractivity contribution in [3.8, 4) is 5.75 Å². The number of esters is 1. The number of nitrogens with one attached hydrogen (secondary N) is 1. The number of hydrogen-bond acceptors (Lipinski definition) is 4. The maximum Gasteiger partial charge on any atom is 0.312 e. The molecule has 1 N–H and O–H groups in total. The summed E-state index contributed by atoms with van der Waals surface area (Å²) < 4.78 is 32.6. The third-order valence-corrected chi connectivity index (χ3v) is 6.10. The van der Waals surface area contributed by atoms with E-state index in [-0.39, 0.29) is 17.9 Å². The largest absolute Gasteiger partial charge is 0.426 e. The molecule has 0 amide bonds. The maximum atomic E-state index is 12.3. The van der Waals surface area contributed by atoms with Gasteiger partial charge in [0.05, 0.1) is 11.3 Å². The van der Waals surface area contributed by atoms with Crippen LogP contribution in [0.1, 0.15) is 28.7 Å². The Morgan fingerprint density at radius 1 is 0.900 bits per heavy atom. The second-order valence-electron chi connectivity index (χ2n) is 7.21. The van der Waals surface area contributed by atoms with Gasteiger partial charge in [0.2, 0.25) is 10.0 Å². The first-order valence-corrected chi connectivity index (χ1v) is 11.2. The molecule has 0 fully saturated rings. The molecular formula is C24H25NO4S. The van der Waals surface area contributed by atoms with Crippen molar-refractivity contribution in [2.45, 2.75) is 31.6 Å². The fourth-order valence-corrected chi connectivity index (χ4v) is 4.09. The van der Waals surface area contributed by atoms with E-state index in [0.717, 1.165) is 16.7 Å². The molecular weight excluding hydrogens is 398 g/mol. The minimum absolute atomic E-state index is 0.0326. The molecule has 0 atom stereocenters. The molecule has 3 aromatic rings. The molecule has 156 valence electrons. The van der Waals surface area contributed by atoms with Gasteiger partial charge in [0, 0.05) is 13.0 Å². The summed E-state index contributed by atoms with van der Waals surface area (Å²) in [6, 6.07) is 22.1. The molecule has 30 heavy (non-hydrogen) atoms. The van der Waals surface area contributed by atoms with Gasteiger partial charge in [-0.1, -0.05) is 65.7 Å². The Labute approximate surface area is 177 Å². The summed E-state index contributed by atoms with van der Waals surface area (Å²) in [7, 11) is -3.66. The molecule has 0 aliphatic carbocycles. The Morgan fingerprint density at radius 2 is 1.63 bits per heavy atom. The number of hydrogen-bond donors (Lipinski definition) is 1. The van der Waals surface area contributed by atoms with Gasteiger partial charge >= 0.3 is 5.97 Å². The smallest absolute Gasteiger partial charge is 0.312 e. The fraction of sp³-hybridized carbons (Fsp3) is 0.208. The van der Waals surface area contributed by atoms with Crippen LogP contribution in [0, 0.1) is 13.8 Å². The van der Waals surface area contributed by atoms with Crippen molar-refractivity contribution in [2.75, 3.05) is 6.54 Å². The Morgan fingerprint density at radius 3 is 2.37 bits per heavy atom. The summed E-state index contributed by atoms with van der Waals surface area (Å²) in [6.07, 6.45) is 0.578. The minimum atomic E-state index is -3.66. The van der Waals surface area contributed by atoms with E-state index in [1.165, 1.54) is 17.7 Å². The lowest BCUT2D eigenvalue weighted by Crippen LogP contribution is -2.27. The molecule has 0 aromatic heterocycles. The zero-order chi connectivity index (χ0) is 21.6. The molecule has 0 saturated carbocycles. The van der Waals surface area contributed by atoms with Gasteiger partial charge in [0.1, 0.15) is 5.75 Å². The van der Waals surface area contributed by atoms with Crippen molar-refractivity contribution in [1.82, 2.24) is 4.72 Å².